The molecule has 3 heterocycles. The molecule has 3 rings (SSSR count). The summed E-state index contributed by atoms with van der Waals surface area (Å²) in [7, 11) is 0. The summed E-state index contributed by atoms with van der Waals surface area (Å²) in [6, 6.07) is -0.910. The first-order valence-electron chi connectivity index (χ1n) is 12.8. The third-order valence-corrected chi connectivity index (χ3v) is 8.20. The van der Waals surface area contributed by atoms with Crippen molar-refractivity contribution in [1.29, 1.82) is 0 Å². The standard InChI is InChI=1S/C27H43N3O5/c1-9-12-28(13-10-2)22(32)19-20-23(33)29(15-16-31)21(24(34)30(14-11-3)25(5,6)7)27(20)17-18(4)26(19,8)35-27/h9,11,18-21,31H,1,3,10,12-17H2,2,4-8H3/t18?,19-,20+,21?,26+,27?/m1/s1. The number of rotatable bonds is 10. The monoisotopic (exact) mass is 489 g/mol. The Morgan fingerprint density at radius 3 is 2.37 bits per heavy atom. The molecule has 3 amide bonds. The van der Waals surface area contributed by atoms with Crippen LogP contribution < -0.4 is 0 Å². The highest BCUT2D eigenvalue weighted by molar-refractivity contribution is 5.99. The van der Waals surface area contributed by atoms with Gasteiger partial charge in [-0.05, 0) is 46.5 Å². The first-order chi connectivity index (χ1) is 16.3. The molecule has 3 aliphatic heterocycles. The maximum absolute atomic E-state index is 14.2. The highest BCUT2D eigenvalue weighted by atomic mass is 16.5. The van der Waals surface area contributed by atoms with E-state index in [1.165, 1.54) is 4.90 Å². The van der Waals surface area contributed by atoms with Gasteiger partial charge in [0.1, 0.15) is 11.6 Å². The van der Waals surface area contributed by atoms with Crippen LogP contribution in [-0.4, -0.2) is 93.1 Å². The van der Waals surface area contributed by atoms with Crippen LogP contribution in [0.25, 0.3) is 0 Å². The Morgan fingerprint density at radius 2 is 1.86 bits per heavy atom. The zero-order valence-electron chi connectivity index (χ0n) is 22.2. The van der Waals surface area contributed by atoms with Crippen LogP contribution in [0, 0.1) is 17.8 Å². The van der Waals surface area contributed by atoms with Crippen molar-refractivity contribution in [2.45, 2.75) is 77.2 Å². The summed E-state index contributed by atoms with van der Waals surface area (Å²) in [6.07, 6.45) is 4.65. The number of ether oxygens (including phenoxy) is 1. The average molecular weight is 490 g/mol. The van der Waals surface area contributed by atoms with E-state index in [2.05, 4.69) is 13.2 Å². The lowest BCUT2D eigenvalue weighted by molar-refractivity contribution is -0.157. The minimum Gasteiger partial charge on any atom is -0.395 e. The molecule has 8 heteroatoms. The van der Waals surface area contributed by atoms with Crippen LogP contribution >= 0.6 is 0 Å². The average Bonchev–Trinajstić information content (AvgIpc) is 3.28. The second kappa shape index (κ2) is 9.69. The van der Waals surface area contributed by atoms with Crippen molar-refractivity contribution in [2.75, 3.05) is 32.8 Å². The Kier molecular flexibility index (Phi) is 7.59. The molecule has 6 atom stereocenters. The van der Waals surface area contributed by atoms with Gasteiger partial charge in [0.05, 0.1) is 24.0 Å². The molecule has 2 bridgehead atoms. The van der Waals surface area contributed by atoms with E-state index in [1.807, 2.05) is 41.5 Å². The van der Waals surface area contributed by atoms with Crippen LogP contribution in [0.1, 0.15) is 54.4 Å². The Hall–Kier alpha value is -2.19. The van der Waals surface area contributed by atoms with Crippen LogP contribution in [0.2, 0.25) is 0 Å². The van der Waals surface area contributed by atoms with E-state index in [1.54, 1.807) is 22.0 Å². The fourth-order valence-corrected chi connectivity index (χ4v) is 6.63. The van der Waals surface area contributed by atoms with Gasteiger partial charge in [-0.2, -0.15) is 0 Å². The fraction of sp³-hybridized carbons (Fsp3) is 0.741. The number of carbonyl (C=O) groups excluding carboxylic acids is 3. The first-order valence-corrected chi connectivity index (χ1v) is 12.8. The third-order valence-electron chi connectivity index (χ3n) is 8.20. The highest BCUT2D eigenvalue weighted by Crippen LogP contribution is 2.65. The summed E-state index contributed by atoms with van der Waals surface area (Å²) in [5.74, 6) is -2.15. The van der Waals surface area contributed by atoms with Gasteiger partial charge in [-0.25, -0.2) is 0 Å². The lowest BCUT2D eigenvalue weighted by atomic mass is 9.62. The smallest absolute Gasteiger partial charge is 0.249 e. The number of amides is 3. The first kappa shape index (κ1) is 27.4. The molecule has 1 N–H and O–H groups in total. The minimum atomic E-state index is -1.12. The molecule has 0 radical (unpaired) electrons. The second-order valence-electron chi connectivity index (χ2n) is 11.4. The van der Waals surface area contributed by atoms with Crippen molar-refractivity contribution < 1.29 is 24.2 Å². The Morgan fingerprint density at radius 1 is 1.23 bits per heavy atom. The Balaban J connectivity index is 2.14. The number of aliphatic hydroxyl groups is 1. The largest absolute Gasteiger partial charge is 0.395 e. The molecule has 0 aliphatic carbocycles. The summed E-state index contributed by atoms with van der Waals surface area (Å²) in [6.45, 7) is 20.4. The maximum atomic E-state index is 14.2. The van der Waals surface area contributed by atoms with Crippen molar-refractivity contribution in [3.63, 3.8) is 0 Å². The van der Waals surface area contributed by atoms with Gasteiger partial charge in [0, 0.05) is 31.7 Å². The van der Waals surface area contributed by atoms with Crippen LogP contribution in [0.5, 0.6) is 0 Å². The van der Waals surface area contributed by atoms with Gasteiger partial charge in [-0.3, -0.25) is 14.4 Å². The molecule has 0 aromatic rings. The molecule has 0 aromatic carbocycles. The lowest BCUT2D eigenvalue weighted by Crippen LogP contribution is -2.60. The van der Waals surface area contributed by atoms with Crippen molar-refractivity contribution in [3.05, 3.63) is 25.3 Å². The van der Waals surface area contributed by atoms with Crippen molar-refractivity contribution in [2.24, 2.45) is 17.8 Å². The molecule has 0 aromatic heterocycles. The molecule has 3 fully saturated rings. The molecule has 3 saturated heterocycles. The van der Waals surface area contributed by atoms with Gasteiger partial charge < -0.3 is 24.5 Å². The minimum absolute atomic E-state index is 0.0141. The highest BCUT2D eigenvalue weighted by Gasteiger charge is 2.80. The van der Waals surface area contributed by atoms with E-state index >= 15 is 0 Å². The fourth-order valence-electron chi connectivity index (χ4n) is 6.63. The third kappa shape index (κ3) is 4.12. The molecule has 35 heavy (non-hydrogen) atoms. The summed E-state index contributed by atoms with van der Waals surface area (Å²) in [5.41, 5.74) is -2.49. The van der Waals surface area contributed by atoms with E-state index in [-0.39, 0.29) is 36.8 Å². The van der Waals surface area contributed by atoms with E-state index < -0.39 is 34.6 Å². The topological polar surface area (TPSA) is 90.4 Å². The molecular formula is C27H43N3O5. The predicted molar refractivity (Wildman–Crippen MR) is 134 cm³/mol. The van der Waals surface area contributed by atoms with Crippen molar-refractivity contribution >= 4 is 17.7 Å². The number of nitrogens with zero attached hydrogens (tertiary/aromatic N) is 3. The SMILES string of the molecule is C=CCN(CCC)C(=O)[C@H]1[C@H]2C(=O)N(CCO)C(C(=O)N(CC=C)C(C)(C)C)C23CC(C)[C@]1(C)O3. The van der Waals surface area contributed by atoms with Crippen LogP contribution in [0.15, 0.2) is 25.3 Å². The van der Waals surface area contributed by atoms with Crippen molar-refractivity contribution in [3.8, 4) is 0 Å². The maximum Gasteiger partial charge on any atom is 0.249 e. The summed E-state index contributed by atoms with van der Waals surface area (Å²) < 4.78 is 6.75. The normalized spacial score (nSPS) is 33.6. The number of aliphatic hydroxyl groups excluding tert-OH is 1. The molecule has 196 valence electrons. The van der Waals surface area contributed by atoms with Crippen LogP contribution in [-0.2, 0) is 19.1 Å². The van der Waals surface area contributed by atoms with Crippen molar-refractivity contribution in [1.82, 2.24) is 14.7 Å². The van der Waals surface area contributed by atoms with Gasteiger partial charge in [0.25, 0.3) is 0 Å². The molecule has 1 spiro atoms. The Labute approximate surface area is 210 Å². The van der Waals surface area contributed by atoms with E-state index in [0.29, 0.717) is 26.1 Å². The van der Waals surface area contributed by atoms with Crippen LogP contribution in [0.4, 0.5) is 0 Å². The van der Waals surface area contributed by atoms with E-state index in [9.17, 15) is 19.5 Å². The number of fused-ring (bicyclic) bond motifs is 1. The quantitative estimate of drug-likeness (QED) is 0.475. The number of likely N-dealkylation sites (tertiary alicyclic amines) is 1. The summed E-state index contributed by atoms with van der Waals surface area (Å²) in [5, 5.41) is 9.82. The molecule has 8 nitrogen and oxygen atoms in total. The molecule has 3 aliphatic rings. The molecule has 3 unspecified atom stereocenters. The molecular weight excluding hydrogens is 446 g/mol. The number of hydrogen-bond donors (Lipinski definition) is 1. The Bertz CT molecular complexity index is 883. The zero-order chi connectivity index (χ0) is 26.3. The van der Waals surface area contributed by atoms with Crippen LogP contribution in [0.3, 0.4) is 0 Å². The van der Waals surface area contributed by atoms with E-state index in [4.69, 9.17) is 4.74 Å². The van der Waals surface area contributed by atoms with Gasteiger partial charge in [0.15, 0.2) is 0 Å². The lowest BCUT2D eigenvalue weighted by Gasteiger charge is -2.42. The number of carbonyl (C=O) groups is 3. The van der Waals surface area contributed by atoms with Gasteiger partial charge in [0.2, 0.25) is 17.7 Å². The summed E-state index contributed by atoms with van der Waals surface area (Å²) >= 11 is 0. The van der Waals surface area contributed by atoms with E-state index in [0.717, 1.165) is 6.42 Å². The predicted octanol–water partition coefficient (Wildman–Crippen LogP) is 2.23. The van der Waals surface area contributed by atoms with Gasteiger partial charge >= 0.3 is 0 Å². The number of β-amino-alcohol motifs (C(OH)–C–C–N with tert-alkyl or cyclic N) is 1. The summed E-state index contributed by atoms with van der Waals surface area (Å²) in [4.78, 5) is 47.0. The van der Waals surface area contributed by atoms with Gasteiger partial charge in [-0.1, -0.05) is 26.0 Å². The zero-order valence-corrected chi connectivity index (χ0v) is 22.2. The van der Waals surface area contributed by atoms with Gasteiger partial charge in [-0.15, -0.1) is 13.2 Å². The second-order valence-corrected chi connectivity index (χ2v) is 11.4. The molecule has 0 saturated carbocycles. The number of hydrogen-bond acceptors (Lipinski definition) is 5.